The lowest BCUT2D eigenvalue weighted by molar-refractivity contribution is -0.138. The molecule has 1 fully saturated rings. The van der Waals surface area contributed by atoms with Gasteiger partial charge >= 0.3 is 5.97 Å². The van der Waals surface area contributed by atoms with Crippen molar-refractivity contribution in [3.8, 4) is 0 Å². The minimum absolute atomic E-state index is 0.0402. The summed E-state index contributed by atoms with van der Waals surface area (Å²) < 4.78 is 0. The van der Waals surface area contributed by atoms with Crippen molar-refractivity contribution < 1.29 is 14.7 Å². The van der Waals surface area contributed by atoms with Crippen molar-refractivity contribution in [2.75, 3.05) is 0 Å². The molecule has 0 aromatic heterocycles. The van der Waals surface area contributed by atoms with Crippen molar-refractivity contribution >= 4 is 11.9 Å². The van der Waals surface area contributed by atoms with Crippen LogP contribution in [0.2, 0.25) is 0 Å². The highest BCUT2D eigenvalue weighted by atomic mass is 16.4. The van der Waals surface area contributed by atoms with Gasteiger partial charge in [-0.05, 0) is 12.8 Å². The van der Waals surface area contributed by atoms with Gasteiger partial charge in [0.15, 0.2) is 0 Å². The van der Waals surface area contributed by atoms with Gasteiger partial charge < -0.3 is 10.4 Å². The van der Waals surface area contributed by atoms with Crippen molar-refractivity contribution in [1.82, 2.24) is 5.32 Å². The second-order valence-electron chi connectivity index (χ2n) is 3.47. The summed E-state index contributed by atoms with van der Waals surface area (Å²) in [6.45, 7) is 0. The first-order chi connectivity index (χ1) is 6.18. The number of amides is 1. The molecule has 4 heteroatoms. The molecule has 74 valence electrons. The van der Waals surface area contributed by atoms with Crippen LogP contribution in [0.4, 0.5) is 0 Å². The zero-order valence-electron chi connectivity index (χ0n) is 7.64. The normalized spacial score (nSPS) is 17.2. The molecule has 0 aliphatic heterocycles. The number of nitrogens with one attached hydrogen (secondary N) is 1. The Kier molecular flexibility index (Phi) is 3.73. The van der Waals surface area contributed by atoms with Gasteiger partial charge in [-0.15, -0.1) is 0 Å². The molecule has 1 amide bonds. The number of carbonyl (C=O) groups excluding carboxylic acids is 2. The zero-order valence-corrected chi connectivity index (χ0v) is 7.64. The highest BCUT2D eigenvalue weighted by molar-refractivity contribution is 5.80. The summed E-state index contributed by atoms with van der Waals surface area (Å²) in [7, 11) is 0. The molecule has 4 nitrogen and oxygen atoms in total. The number of rotatable bonds is 4. The summed E-state index contributed by atoms with van der Waals surface area (Å²) in [5.74, 6) is -0.755. The number of hydrogen-bond acceptors (Lipinski definition) is 2. The lowest BCUT2D eigenvalue weighted by Gasteiger charge is -2.10. The lowest BCUT2D eigenvalue weighted by atomic mass is 10.2. The second-order valence-corrected chi connectivity index (χ2v) is 3.47. The van der Waals surface area contributed by atoms with Gasteiger partial charge in [0.25, 0.3) is 0 Å². The predicted octanol–water partition coefficient (Wildman–Crippen LogP) is 0.0766. The molecule has 3 N–H and O–H groups in total. The van der Waals surface area contributed by atoms with Crippen LogP contribution in [0.3, 0.4) is 0 Å². The van der Waals surface area contributed by atoms with Crippen LogP contribution in [0.5, 0.6) is 0 Å². The summed E-state index contributed by atoms with van der Waals surface area (Å²) in [4.78, 5) is 21.4. The van der Waals surface area contributed by atoms with Gasteiger partial charge in [-0.2, -0.15) is 0 Å². The van der Waals surface area contributed by atoms with E-state index in [-0.39, 0.29) is 18.7 Å². The summed E-state index contributed by atoms with van der Waals surface area (Å²) in [6.07, 6.45) is 4.68. The molecule has 0 spiro atoms. The van der Waals surface area contributed by atoms with Crippen molar-refractivity contribution in [3.05, 3.63) is 0 Å². The maximum Gasteiger partial charge on any atom is 0.516 e. The Morgan fingerprint density at radius 3 is 2.38 bits per heavy atom. The van der Waals surface area contributed by atoms with Crippen LogP contribution in [0, 0.1) is 0 Å². The molecule has 0 radical (unpaired) electrons. The topological polar surface area (TPSA) is 69.1 Å². The Hall–Kier alpha value is -1.06. The number of hydrogen-bond donors (Lipinski definition) is 1. The van der Waals surface area contributed by atoms with Crippen molar-refractivity contribution in [2.24, 2.45) is 0 Å². The summed E-state index contributed by atoms with van der Waals surface area (Å²) >= 11 is 0. The van der Waals surface area contributed by atoms with Crippen molar-refractivity contribution in [3.63, 3.8) is 0 Å². The van der Waals surface area contributed by atoms with Gasteiger partial charge in [-0.3, -0.25) is 4.79 Å². The summed E-state index contributed by atoms with van der Waals surface area (Å²) in [5.41, 5.74) is 0. The van der Waals surface area contributed by atoms with E-state index in [9.17, 15) is 9.59 Å². The molecular formula is C9H16NO3+. The minimum atomic E-state index is -0.665. The predicted molar refractivity (Wildman–Crippen MR) is 48.3 cm³/mol. The molecular weight excluding hydrogens is 170 g/mol. The van der Waals surface area contributed by atoms with Crippen molar-refractivity contribution in [1.29, 1.82) is 0 Å². The molecule has 0 unspecified atom stereocenters. The molecule has 1 rings (SSSR count). The average molecular weight is 186 g/mol. The molecule has 0 aromatic rings. The van der Waals surface area contributed by atoms with Gasteiger partial charge in [-0.25, -0.2) is 0 Å². The number of carbonyl (C=O) groups is 2. The Labute approximate surface area is 77.3 Å². The Morgan fingerprint density at radius 1 is 1.23 bits per heavy atom. The van der Waals surface area contributed by atoms with E-state index in [1.165, 1.54) is 12.8 Å². The fourth-order valence-electron chi connectivity index (χ4n) is 1.60. The standard InChI is InChI=1S/C9H15NO3/c11-8(5-6-9(12)13)10-7-3-1-2-4-7/h7H,1-6H2,(H,10,11)(H,12,13)/p+1. The van der Waals surface area contributed by atoms with Crippen LogP contribution in [0.1, 0.15) is 38.5 Å². The van der Waals surface area contributed by atoms with Crippen LogP contribution in [-0.2, 0) is 9.59 Å². The molecule has 0 saturated heterocycles. The van der Waals surface area contributed by atoms with Crippen LogP contribution >= 0.6 is 0 Å². The van der Waals surface area contributed by atoms with E-state index in [1.807, 2.05) is 0 Å². The molecule has 0 aromatic carbocycles. The van der Waals surface area contributed by atoms with Crippen LogP contribution in [0.15, 0.2) is 0 Å². The van der Waals surface area contributed by atoms with Gasteiger partial charge in [0, 0.05) is 17.3 Å². The van der Waals surface area contributed by atoms with E-state index in [4.69, 9.17) is 5.11 Å². The van der Waals surface area contributed by atoms with E-state index >= 15 is 0 Å². The lowest BCUT2D eigenvalue weighted by Crippen LogP contribution is -2.32. The largest absolute Gasteiger partial charge is 0.565 e. The molecule has 0 bridgehead atoms. The van der Waals surface area contributed by atoms with Crippen LogP contribution in [0.25, 0.3) is 0 Å². The molecule has 0 heterocycles. The first-order valence-electron chi connectivity index (χ1n) is 4.72. The van der Waals surface area contributed by atoms with Crippen molar-refractivity contribution in [2.45, 2.75) is 44.6 Å². The third-order valence-electron chi connectivity index (χ3n) is 2.30. The van der Waals surface area contributed by atoms with Gasteiger partial charge in [0.2, 0.25) is 5.91 Å². The van der Waals surface area contributed by atoms with Gasteiger partial charge in [0.1, 0.15) is 6.42 Å². The third kappa shape index (κ3) is 3.92. The van der Waals surface area contributed by atoms with E-state index < -0.39 is 5.97 Å². The fraction of sp³-hybridized carbons (Fsp3) is 0.778. The Balaban J connectivity index is 2.13. The summed E-state index contributed by atoms with van der Waals surface area (Å²) in [5, 5.41) is 9.50. The van der Waals surface area contributed by atoms with Gasteiger partial charge in [-0.1, -0.05) is 12.8 Å². The quantitative estimate of drug-likeness (QED) is 0.631. The van der Waals surface area contributed by atoms with E-state index in [0.717, 1.165) is 12.8 Å². The highest BCUT2D eigenvalue weighted by Crippen LogP contribution is 2.17. The molecule has 1 saturated carbocycles. The first-order valence-corrected chi connectivity index (χ1v) is 4.72. The smallest absolute Gasteiger partial charge is 0.516 e. The Morgan fingerprint density at radius 2 is 1.85 bits per heavy atom. The maximum atomic E-state index is 11.2. The molecule has 1 aliphatic carbocycles. The molecule has 13 heavy (non-hydrogen) atoms. The first kappa shape index (κ1) is 10.0. The van der Waals surface area contributed by atoms with Crippen LogP contribution in [-0.4, -0.2) is 23.0 Å². The zero-order chi connectivity index (χ0) is 9.68. The third-order valence-corrected chi connectivity index (χ3v) is 2.30. The second kappa shape index (κ2) is 4.84. The van der Waals surface area contributed by atoms with E-state index in [2.05, 4.69) is 5.32 Å². The average Bonchev–Trinajstić information content (AvgIpc) is 2.53. The molecule has 1 aliphatic rings. The maximum absolute atomic E-state index is 11.2. The Bertz CT molecular complexity index is 197. The fourth-order valence-corrected chi connectivity index (χ4v) is 1.60. The van der Waals surface area contributed by atoms with E-state index in [0.29, 0.717) is 6.04 Å². The van der Waals surface area contributed by atoms with Gasteiger partial charge in [0.05, 0.1) is 0 Å². The van der Waals surface area contributed by atoms with E-state index in [1.54, 1.807) is 0 Å². The molecule has 0 atom stereocenters. The SMILES string of the molecule is O=C([OH2+])CCC(=O)NC1CCCC1. The van der Waals surface area contributed by atoms with Crippen LogP contribution < -0.4 is 5.32 Å². The monoisotopic (exact) mass is 186 g/mol. The summed E-state index contributed by atoms with van der Waals surface area (Å²) in [6, 6.07) is 0.313. The highest BCUT2D eigenvalue weighted by Gasteiger charge is 2.18. The minimum Gasteiger partial charge on any atom is -0.565 e.